The van der Waals surface area contributed by atoms with Crippen LogP contribution in [0.5, 0.6) is 0 Å². The largest absolute Gasteiger partial charge is 0.366 e. The van der Waals surface area contributed by atoms with Gasteiger partial charge in [0.1, 0.15) is 0 Å². The van der Waals surface area contributed by atoms with Crippen LogP contribution < -0.4 is 10.6 Å². The second-order valence-electron chi connectivity index (χ2n) is 4.25. The van der Waals surface area contributed by atoms with Crippen LogP contribution in [0.3, 0.4) is 0 Å². The Hall–Kier alpha value is -1.46. The molecule has 0 unspecified atom stereocenters. The van der Waals surface area contributed by atoms with Crippen molar-refractivity contribution in [3.63, 3.8) is 0 Å². The number of pyridine rings is 2. The average molecular weight is 321 g/mol. The normalized spacial score (nSPS) is 10.4. The van der Waals surface area contributed by atoms with Gasteiger partial charge < -0.3 is 10.6 Å². The van der Waals surface area contributed by atoms with E-state index < -0.39 is 0 Å². The predicted molar refractivity (Wildman–Crippen MR) is 80.9 cm³/mol. The molecule has 0 fully saturated rings. The van der Waals surface area contributed by atoms with Crippen LogP contribution in [0.25, 0.3) is 0 Å². The summed E-state index contributed by atoms with van der Waals surface area (Å²) in [5.74, 6) is 0. The Balaban J connectivity index is 2.19. The van der Waals surface area contributed by atoms with E-state index in [1.165, 1.54) is 5.56 Å². The molecule has 0 atom stereocenters. The van der Waals surface area contributed by atoms with Crippen LogP contribution in [-0.2, 0) is 6.54 Å². The first-order valence-electron chi connectivity index (χ1n) is 6.24. The van der Waals surface area contributed by atoms with Crippen molar-refractivity contribution in [3.8, 4) is 0 Å². The van der Waals surface area contributed by atoms with Gasteiger partial charge in [-0.1, -0.05) is 6.07 Å². The molecule has 2 heterocycles. The highest BCUT2D eigenvalue weighted by Gasteiger charge is 2.10. The molecule has 2 N–H and O–H groups in total. The molecule has 0 aliphatic carbocycles. The van der Waals surface area contributed by atoms with Gasteiger partial charge in [-0.15, -0.1) is 0 Å². The summed E-state index contributed by atoms with van der Waals surface area (Å²) in [5.41, 5.74) is 7.94. The Labute approximate surface area is 121 Å². The van der Waals surface area contributed by atoms with Crippen LogP contribution in [0.15, 0.2) is 47.5 Å². The number of anilines is 1. The van der Waals surface area contributed by atoms with E-state index in [9.17, 15) is 0 Å². The molecule has 5 heteroatoms. The van der Waals surface area contributed by atoms with Crippen LogP contribution in [0.4, 0.5) is 5.69 Å². The van der Waals surface area contributed by atoms with Gasteiger partial charge in [-0.25, -0.2) is 0 Å². The number of halogens is 1. The number of hydrogen-bond acceptors (Lipinski definition) is 4. The number of nitrogens with zero attached hydrogens (tertiary/aromatic N) is 3. The molecule has 0 saturated carbocycles. The van der Waals surface area contributed by atoms with Gasteiger partial charge in [-0.05, 0) is 46.6 Å². The maximum atomic E-state index is 5.62. The number of rotatable bonds is 6. The second-order valence-corrected chi connectivity index (χ2v) is 5.11. The Bertz CT molecular complexity index is 504. The first kappa shape index (κ1) is 14.0. The molecule has 0 aliphatic heterocycles. The van der Waals surface area contributed by atoms with Crippen LogP contribution in [0.1, 0.15) is 12.0 Å². The maximum Gasteiger partial charge on any atom is 0.0592 e. The zero-order valence-corrected chi connectivity index (χ0v) is 12.3. The van der Waals surface area contributed by atoms with Crippen molar-refractivity contribution in [2.45, 2.75) is 13.0 Å². The Morgan fingerprint density at radius 3 is 2.68 bits per heavy atom. The fourth-order valence-corrected chi connectivity index (χ4v) is 2.40. The standard InChI is InChI=1S/C14H17BrN4/c15-13-10-18-7-4-14(13)19(8-2-5-16)11-12-3-1-6-17-9-12/h1,3-4,6-7,9-10H,2,5,8,11,16H2. The van der Waals surface area contributed by atoms with E-state index in [-0.39, 0.29) is 0 Å². The highest BCUT2D eigenvalue weighted by atomic mass is 79.9. The maximum absolute atomic E-state index is 5.62. The lowest BCUT2D eigenvalue weighted by Crippen LogP contribution is -2.26. The van der Waals surface area contributed by atoms with Crippen molar-refractivity contribution >= 4 is 21.6 Å². The van der Waals surface area contributed by atoms with E-state index in [1.807, 2.05) is 24.5 Å². The van der Waals surface area contributed by atoms with Crippen LogP contribution in [-0.4, -0.2) is 23.1 Å². The van der Waals surface area contributed by atoms with Gasteiger partial charge in [0.05, 0.1) is 10.2 Å². The fourth-order valence-electron chi connectivity index (χ4n) is 1.90. The van der Waals surface area contributed by atoms with Gasteiger partial charge in [-0.2, -0.15) is 0 Å². The molecule has 0 spiro atoms. The van der Waals surface area contributed by atoms with Crippen molar-refractivity contribution in [1.29, 1.82) is 0 Å². The summed E-state index contributed by atoms with van der Waals surface area (Å²) >= 11 is 3.55. The summed E-state index contributed by atoms with van der Waals surface area (Å²) < 4.78 is 0.996. The molecular weight excluding hydrogens is 304 g/mol. The first-order chi connectivity index (χ1) is 9.31. The lowest BCUT2D eigenvalue weighted by molar-refractivity contribution is 0.732. The van der Waals surface area contributed by atoms with Crippen molar-refractivity contribution < 1.29 is 0 Å². The summed E-state index contributed by atoms with van der Waals surface area (Å²) in [6.07, 6.45) is 8.25. The first-order valence-corrected chi connectivity index (χ1v) is 7.04. The van der Waals surface area contributed by atoms with Gasteiger partial charge in [0.25, 0.3) is 0 Å². The van der Waals surface area contributed by atoms with Gasteiger partial charge in [-0.3, -0.25) is 9.97 Å². The Morgan fingerprint density at radius 2 is 2.00 bits per heavy atom. The summed E-state index contributed by atoms with van der Waals surface area (Å²) in [7, 11) is 0. The molecule has 2 aromatic rings. The van der Waals surface area contributed by atoms with Crippen LogP contribution in [0, 0.1) is 0 Å². The van der Waals surface area contributed by atoms with Gasteiger partial charge in [0.15, 0.2) is 0 Å². The molecule has 0 aromatic carbocycles. The van der Waals surface area contributed by atoms with Crippen molar-refractivity contribution in [2.24, 2.45) is 5.73 Å². The van der Waals surface area contributed by atoms with Crippen molar-refractivity contribution in [1.82, 2.24) is 9.97 Å². The van der Waals surface area contributed by atoms with Gasteiger partial charge in [0.2, 0.25) is 0 Å². The van der Waals surface area contributed by atoms with E-state index in [4.69, 9.17) is 5.73 Å². The monoisotopic (exact) mass is 320 g/mol. The summed E-state index contributed by atoms with van der Waals surface area (Å²) in [4.78, 5) is 10.6. The molecule has 0 amide bonds. The third-order valence-electron chi connectivity index (χ3n) is 2.82. The lowest BCUT2D eigenvalue weighted by Gasteiger charge is -2.25. The number of nitrogens with two attached hydrogens (primary N) is 1. The minimum atomic E-state index is 0.687. The SMILES string of the molecule is NCCCN(Cc1cccnc1)c1ccncc1Br. The second kappa shape index (κ2) is 7.21. The van der Waals surface area contributed by atoms with Crippen molar-refractivity contribution in [2.75, 3.05) is 18.0 Å². The fraction of sp³-hybridized carbons (Fsp3) is 0.286. The number of hydrogen-bond donors (Lipinski definition) is 1. The molecule has 0 aliphatic rings. The molecular formula is C14H17BrN4. The zero-order chi connectivity index (χ0) is 13.5. The van der Waals surface area contributed by atoms with E-state index in [0.29, 0.717) is 6.54 Å². The molecule has 4 nitrogen and oxygen atoms in total. The summed E-state index contributed by atoms with van der Waals surface area (Å²) in [6, 6.07) is 6.05. The third-order valence-corrected chi connectivity index (χ3v) is 3.43. The summed E-state index contributed by atoms with van der Waals surface area (Å²) in [6.45, 7) is 2.41. The summed E-state index contributed by atoms with van der Waals surface area (Å²) in [5, 5.41) is 0. The van der Waals surface area contributed by atoms with E-state index >= 15 is 0 Å². The highest BCUT2D eigenvalue weighted by molar-refractivity contribution is 9.10. The predicted octanol–water partition coefficient (Wildman–Crippen LogP) is 2.59. The van der Waals surface area contributed by atoms with E-state index in [2.05, 4.69) is 36.9 Å². The van der Waals surface area contributed by atoms with Gasteiger partial charge >= 0.3 is 0 Å². The average Bonchev–Trinajstić information content (AvgIpc) is 2.45. The molecule has 19 heavy (non-hydrogen) atoms. The zero-order valence-electron chi connectivity index (χ0n) is 10.7. The molecule has 0 radical (unpaired) electrons. The molecule has 0 saturated heterocycles. The van der Waals surface area contributed by atoms with Crippen LogP contribution >= 0.6 is 15.9 Å². The molecule has 100 valence electrons. The molecule has 2 rings (SSSR count). The molecule has 2 aromatic heterocycles. The quantitative estimate of drug-likeness (QED) is 0.888. The highest BCUT2D eigenvalue weighted by Crippen LogP contribution is 2.26. The van der Waals surface area contributed by atoms with Gasteiger partial charge in [0, 0.05) is 37.9 Å². The van der Waals surface area contributed by atoms with Crippen LogP contribution in [0.2, 0.25) is 0 Å². The lowest BCUT2D eigenvalue weighted by atomic mass is 10.2. The minimum absolute atomic E-state index is 0.687. The number of aromatic nitrogens is 2. The van der Waals surface area contributed by atoms with E-state index in [1.54, 1.807) is 12.4 Å². The molecule has 0 bridgehead atoms. The minimum Gasteiger partial charge on any atom is -0.366 e. The Kier molecular flexibility index (Phi) is 5.30. The van der Waals surface area contributed by atoms with Crippen molar-refractivity contribution in [3.05, 3.63) is 53.0 Å². The Morgan fingerprint density at radius 1 is 1.16 bits per heavy atom. The smallest absolute Gasteiger partial charge is 0.0592 e. The third kappa shape index (κ3) is 4.01. The van der Waals surface area contributed by atoms with E-state index in [0.717, 1.165) is 29.7 Å². The topological polar surface area (TPSA) is 55.0 Å².